The number of fused-ring (bicyclic) bond motifs is 1. The van der Waals surface area contributed by atoms with E-state index in [-0.39, 0.29) is 5.82 Å². The molecule has 0 fully saturated rings. The van der Waals surface area contributed by atoms with Crippen molar-refractivity contribution in [2.75, 3.05) is 18.5 Å². The molecule has 0 aliphatic carbocycles. The molecule has 1 atom stereocenters. The second kappa shape index (κ2) is 6.93. The third kappa shape index (κ3) is 3.48. The summed E-state index contributed by atoms with van der Waals surface area (Å²) in [7, 11) is 0. The van der Waals surface area contributed by atoms with E-state index in [0.29, 0.717) is 12.5 Å². The molecule has 0 unspecified atom stereocenters. The highest BCUT2D eigenvalue weighted by molar-refractivity contribution is 5.66. The predicted molar refractivity (Wildman–Crippen MR) is 97.4 cm³/mol. The molecule has 4 heteroatoms. The standard InChI is InChI=1S/C21H19FN2O/c22-18-6-3-15(4-7-18)16-5-8-20-17(9-11-25-21(20)12-16)13-24-19-2-1-10-23-14-19/h1-8,10,12,14,17,24H,9,11,13H2/t17-/m0/s1. The van der Waals surface area contributed by atoms with E-state index >= 15 is 0 Å². The molecule has 25 heavy (non-hydrogen) atoms. The van der Waals surface area contributed by atoms with Crippen LogP contribution in [0.25, 0.3) is 11.1 Å². The van der Waals surface area contributed by atoms with Gasteiger partial charge in [-0.2, -0.15) is 0 Å². The summed E-state index contributed by atoms with van der Waals surface area (Å²) in [5.74, 6) is 1.09. The number of nitrogens with one attached hydrogen (secondary N) is 1. The minimum atomic E-state index is -0.223. The summed E-state index contributed by atoms with van der Waals surface area (Å²) in [6, 6.07) is 16.8. The molecule has 0 saturated carbocycles. The number of rotatable bonds is 4. The Morgan fingerprint density at radius 1 is 1.08 bits per heavy atom. The minimum absolute atomic E-state index is 0.223. The van der Waals surface area contributed by atoms with Crippen LogP contribution in [-0.4, -0.2) is 18.1 Å². The number of halogens is 1. The van der Waals surface area contributed by atoms with Crippen molar-refractivity contribution < 1.29 is 9.13 Å². The van der Waals surface area contributed by atoms with E-state index < -0.39 is 0 Å². The van der Waals surface area contributed by atoms with E-state index in [0.717, 1.165) is 35.5 Å². The molecular weight excluding hydrogens is 315 g/mol. The molecule has 3 nitrogen and oxygen atoms in total. The van der Waals surface area contributed by atoms with Crippen LogP contribution in [0.3, 0.4) is 0 Å². The Bertz CT molecular complexity index is 850. The van der Waals surface area contributed by atoms with Gasteiger partial charge in [-0.1, -0.05) is 24.3 Å². The van der Waals surface area contributed by atoms with Gasteiger partial charge >= 0.3 is 0 Å². The first-order valence-electron chi connectivity index (χ1n) is 8.46. The van der Waals surface area contributed by atoms with Crippen LogP contribution < -0.4 is 10.1 Å². The van der Waals surface area contributed by atoms with Crippen LogP contribution in [-0.2, 0) is 0 Å². The Morgan fingerprint density at radius 3 is 2.72 bits per heavy atom. The quantitative estimate of drug-likeness (QED) is 0.739. The molecule has 4 rings (SSSR count). The van der Waals surface area contributed by atoms with Gasteiger partial charge in [0.1, 0.15) is 11.6 Å². The van der Waals surface area contributed by atoms with Crippen molar-refractivity contribution in [1.29, 1.82) is 0 Å². The zero-order valence-electron chi connectivity index (χ0n) is 13.8. The molecule has 2 aromatic carbocycles. The topological polar surface area (TPSA) is 34.1 Å². The second-order valence-electron chi connectivity index (χ2n) is 6.22. The molecule has 1 aliphatic rings. The van der Waals surface area contributed by atoms with E-state index in [1.807, 2.05) is 18.3 Å². The van der Waals surface area contributed by atoms with Gasteiger partial charge in [0.2, 0.25) is 0 Å². The second-order valence-corrected chi connectivity index (χ2v) is 6.22. The van der Waals surface area contributed by atoms with Gasteiger partial charge < -0.3 is 10.1 Å². The summed E-state index contributed by atoms with van der Waals surface area (Å²) in [4.78, 5) is 4.13. The highest BCUT2D eigenvalue weighted by atomic mass is 19.1. The normalized spacial score (nSPS) is 16.0. The fourth-order valence-electron chi connectivity index (χ4n) is 3.21. The Kier molecular flexibility index (Phi) is 4.34. The molecule has 0 bridgehead atoms. The van der Waals surface area contributed by atoms with Gasteiger partial charge in [0.05, 0.1) is 12.3 Å². The number of pyridine rings is 1. The molecule has 0 radical (unpaired) electrons. The SMILES string of the molecule is Fc1ccc(-c2ccc3c(c2)OCC[C@H]3CNc2cccnc2)cc1. The average Bonchev–Trinajstić information content (AvgIpc) is 2.67. The van der Waals surface area contributed by atoms with Crippen molar-refractivity contribution in [2.45, 2.75) is 12.3 Å². The smallest absolute Gasteiger partial charge is 0.123 e. The molecule has 2 heterocycles. The van der Waals surface area contributed by atoms with E-state index in [9.17, 15) is 4.39 Å². The lowest BCUT2D eigenvalue weighted by Gasteiger charge is -2.27. The minimum Gasteiger partial charge on any atom is -0.493 e. The first kappa shape index (κ1) is 15.6. The number of benzene rings is 2. The van der Waals surface area contributed by atoms with Gasteiger partial charge in [-0.15, -0.1) is 0 Å². The van der Waals surface area contributed by atoms with Crippen molar-refractivity contribution in [3.05, 3.63) is 78.4 Å². The lowest BCUT2D eigenvalue weighted by atomic mass is 9.91. The molecule has 0 amide bonds. The molecule has 126 valence electrons. The summed E-state index contributed by atoms with van der Waals surface area (Å²) in [6.45, 7) is 1.55. The Labute approximate surface area is 146 Å². The first-order valence-corrected chi connectivity index (χ1v) is 8.46. The van der Waals surface area contributed by atoms with Gasteiger partial charge in [0, 0.05) is 24.9 Å². The summed E-state index contributed by atoms with van der Waals surface area (Å²) < 4.78 is 19.0. The number of nitrogens with zero attached hydrogens (tertiary/aromatic N) is 1. The predicted octanol–water partition coefficient (Wildman–Crippen LogP) is 4.87. The van der Waals surface area contributed by atoms with Crippen LogP contribution in [0.4, 0.5) is 10.1 Å². The van der Waals surface area contributed by atoms with Gasteiger partial charge in [-0.05, 0) is 53.4 Å². The molecular formula is C21H19FN2O. The fourth-order valence-corrected chi connectivity index (χ4v) is 3.21. The summed E-state index contributed by atoms with van der Waals surface area (Å²) in [6.07, 6.45) is 4.58. The fraction of sp³-hybridized carbons (Fsp3) is 0.190. The van der Waals surface area contributed by atoms with E-state index in [4.69, 9.17) is 4.74 Å². The third-order valence-electron chi connectivity index (χ3n) is 4.57. The van der Waals surface area contributed by atoms with Crippen LogP contribution in [0.5, 0.6) is 5.75 Å². The maximum atomic E-state index is 13.1. The molecule has 1 aromatic heterocycles. The van der Waals surface area contributed by atoms with Crippen LogP contribution in [0, 0.1) is 5.82 Å². The maximum Gasteiger partial charge on any atom is 0.123 e. The van der Waals surface area contributed by atoms with Crippen LogP contribution >= 0.6 is 0 Å². The van der Waals surface area contributed by atoms with Gasteiger partial charge in [0.15, 0.2) is 0 Å². The first-order chi connectivity index (χ1) is 12.3. The molecule has 0 spiro atoms. The van der Waals surface area contributed by atoms with Crippen molar-refractivity contribution >= 4 is 5.69 Å². The molecule has 0 saturated heterocycles. The monoisotopic (exact) mass is 334 g/mol. The molecule has 1 aliphatic heterocycles. The van der Waals surface area contributed by atoms with Crippen molar-refractivity contribution in [3.63, 3.8) is 0 Å². The van der Waals surface area contributed by atoms with Crippen LogP contribution in [0.15, 0.2) is 67.0 Å². The average molecular weight is 334 g/mol. The van der Waals surface area contributed by atoms with Crippen molar-refractivity contribution in [2.24, 2.45) is 0 Å². The molecule has 3 aromatic rings. The van der Waals surface area contributed by atoms with Crippen molar-refractivity contribution in [3.8, 4) is 16.9 Å². The van der Waals surface area contributed by atoms with Gasteiger partial charge in [-0.25, -0.2) is 4.39 Å². The van der Waals surface area contributed by atoms with Gasteiger partial charge in [-0.3, -0.25) is 4.98 Å². The van der Waals surface area contributed by atoms with E-state index in [2.05, 4.69) is 28.5 Å². The molecule has 1 N–H and O–H groups in total. The Balaban J connectivity index is 1.54. The van der Waals surface area contributed by atoms with Crippen molar-refractivity contribution in [1.82, 2.24) is 4.98 Å². The number of anilines is 1. The number of ether oxygens (including phenoxy) is 1. The van der Waals surface area contributed by atoms with E-state index in [1.165, 1.54) is 17.7 Å². The lowest BCUT2D eigenvalue weighted by molar-refractivity contribution is 0.270. The summed E-state index contributed by atoms with van der Waals surface area (Å²) >= 11 is 0. The number of hydrogen-bond acceptors (Lipinski definition) is 3. The highest BCUT2D eigenvalue weighted by Crippen LogP contribution is 2.36. The van der Waals surface area contributed by atoms with E-state index in [1.54, 1.807) is 18.3 Å². The largest absolute Gasteiger partial charge is 0.493 e. The Hall–Kier alpha value is -2.88. The summed E-state index contributed by atoms with van der Waals surface area (Å²) in [5.41, 5.74) is 4.27. The summed E-state index contributed by atoms with van der Waals surface area (Å²) in [5, 5.41) is 3.45. The zero-order valence-corrected chi connectivity index (χ0v) is 13.8. The Morgan fingerprint density at radius 2 is 1.92 bits per heavy atom. The zero-order chi connectivity index (χ0) is 17.1. The number of hydrogen-bond donors (Lipinski definition) is 1. The third-order valence-corrected chi connectivity index (χ3v) is 4.57. The van der Waals surface area contributed by atoms with Crippen LogP contribution in [0.2, 0.25) is 0 Å². The maximum absolute atomic E-state index is 13.1. The lowest BCUT2D eigenvalue weighted by Crippen LogP contribution is -2.20. The van der Waals surface area contributed by atoms with Crippen LogP contribution in [0.1, 0.15) is 17.9 Å². The van der Waals surface area contributed by atoms with Gasteiger partial charge in [0.25, 0.3) is 0 Å². The number of aromatic nitrogens is 1. The highest BCUT2D eigenvalue weighted by Gasteiger charge is 2.21.